The van der Waals surface area contributed by atoms with Gasteiger partial charge < -0.3 is 15.7 Å². The number of aromatic hydroxyl groups is 1. The highest BCUT2D eigenvalue weighted by Crippen LogP contribution is 2.36. The molecule has 0 saturated carbocycles. The summed E-state index contributed by atoms with van der Waals surface area (Å²) in [6.07, 6.45) is 0.776. The number of likely N-dealkylation sites (N-methyl/N-ethyl adjacent to an activating group) is 1. The number of rotatable bonds is 2. The minimum Gasteiger partial charge on any atom is -0.507 e. The largest absolute Gasteiger partial charge is 0.507 e. The van der Waals surface area contributed by atoms with Crippen LogP contribution < -0.4 is 10.6 Å². The molecule has 1 heterocycles. The topological polar surface area (TPSA) is 66.6 Å². The first kappa shape index (κ1) is 11.0. The minimum absolute atomic E-state index is 0.101. The van der Waals surface area contributed by atoms with E-state index in [-0.39, 0.29) is 11.5 Å². The smallest absolute Gasteiger partial charge is 0.182 e. The third-order valence-electron chi connectivity index (χ3n) is 3.05. The van der Waals surface area contributed by atoms with Crippen LogP contribution in [0.3, 0.4) is 0 Å². The number of hydrogen-bond acceptors (Lipinski definition) is 4. The molecule has 0 radical (unpaired) electrons. The zero-order valence-corrected chi connectivity index (χ0v) is 9.53. The fourth-order valence-electron chi connectivity index (χ4n) is 2.07. The second kappa shape index (κ2) is 3.79. The molecular weight excluding hydrogens is 204 g/mol. The van der Waals surface area contributed by atoms with Crippen LogP contribution in [0.25, 0.3) is 0 Å². The van der Waals surface area contributed by atoms with Crippen molar-refractivity contribution in [2.45, 2.75) is 19.4 Å². The van der Waals surface area contributed by atoms with E-state index in [1.165, 1.54) is 0 Å². The van der Waals surface area contributed by atoms with Gasteiger partial charge in [-0.05, 0) is 25.5 Å². The number of phenolic OH excluding ortho intramolecular Hbond substituents is 1. The lowest BCUT2D eigenvalue weighted by Gasteiger charge is -2.14. The van der Waals surface area contributed by atoms with Crippen molar-refractivity contribution < 1.29 is 9.90 Å². The molecule has 0 spiro atoms. The Kier molecular flexibility index (Phi) is 2.59. The molecule has 3 N–H and O–H groups in total. The van der Waals surface area contributed by atoms with E-state index in [0.29, 0.717) is 5.56 Å². The van der Waals surface area contributed by atoms with Crippen molar-refractivity contribution in [3.05, 3.63) is 23.3 Å². The summed E-state index contributed by atoms with van der Waals surface area (Å²) in [4.78, 5) is 13.8. The molecule has 4 heteroatoms. The van der Waals surface area contributed by atoms with E-state index >= 15 is 0 Å². The van der Waals surface area contributed by atoms with Gasteiger partial charge in [0.05, 0.1) is 11.6 Å². The fourth-order valence-corrected chi connectivity index (χ4v) is 2.07. The summed E-state index contributed by atoms with van der Waals surface area (Å²) < 4.78 is 0. The Labute approximate surface area is 94.7 Å². The standard InChI is InChI=1S/C12H16N2O2/c1-7(13)11(15)9-3-4-10-8(12(9)16)5-6-14(10)2/h3-4,7,16H,5-6,13H2,1-2H3. The van der Waals surface area contributed by atoms with E-state index in [0.717, 1.165) is 24.2 Å². The summed E-state index contributed by atoms with van der Waals surface area (Å²) in [6, 6.07) is 2.95. The molecule has 16 heavy (non-hydrogen) atoms. The lowest BCUT2D eigenvalue weighted by Crippen LogP contribution is -2.26. The number of ketones is 1. The summed E-state index contributed by atoms with van der Waals surface area (Å²) in [5.41, 5.74) is 7.73. The number of nitrogens with zero attached hydrogens (tertiary/aromatic N) is 1. The van der Waals surface area contributed by atoms with Gasteiger partial charge in [-0.25, -0.2) is 0 Å². The highest BCUT2D eigenvalue weighted by Gasteiger charge is 2.24. The Morgan fingerprint density at radius 1 is 1.56 bits per heavy atom. The van der Waals surface area contributed by atoms with Crippen LogP contribution in [0.1, 0.15) is 22.8 Å². The molecule has 1 aliphatic heterocycles. The van der Waals surface area contributed by atoms with Gasteiger partial charge >= 0.3 is 0 Å². The van der Waals surface area contributed by atoms with Crippen molar-refractivity contribution in [2.75, 3.05) is 18.5 Å². The Balaban J connectivity index is 2.48. The van der Waals surface area contributed by atoms with Crippen molar-refractivity contribution in [2.24, 2.45) is 5.73 Å². The van der Waals surface area contributed by atoms with Crippen molar-refractivity contribution in [1.82, 2.24) is 0 Å². The molecule has 0 aromatic heterocycles. The third-order valence-corrected chi connectivity index (χ3v) is 3.05. The monoisotopic (exact) mass is 220 g/mol. The lowest BCUT2D eigenvalue weighted by atomic mass is 10.00. The van der Waals surface area contributed by atoms with Gasteiger partial charge in [-0.3, -0.25) is 4.79 Å². The number of carbonyl (C=O) groups is 1. The summed E-state index contributed by atoms with van der Waals surface area (Å²) in [7, 11) is 1.97. The van der Waals surface area contributed by atoms with Crippen molar-refractivity contribution in [3.8, 4) is 5.75 Å². The molecule has 0 fully saturated rings. The third kappa shape index (κ3) is 1.55. The Hall–Kier alpha value is -1.55. The molecule has 86 valence electrons. The number of carbonyl (C=O) groups excluding carboxylic acids is 1. The van der Waals surface area contributed by atoms with E-state index in [1.54, 1.807) is 13.0 Å². The molecule has 4 nitrogen and oxygen atoms in total. The molecule has 1 atom stereocenters. The molecular formula is C12H16N2O2. The van der Waals surface area contributed by atoms with Crippen LogP contribution in [0, 0.1) is 0 Å². The Morgan fingerprint density at radius 3 is 2.88 bits per heavy atom. The van der Waals surface area contributed by atoms with Gasteiger partial charge in [0.25, 0.3) is 0 Å². The normalized spacial score (nSPS) is 16.1. The van der Waals surface area contributed by atoms with Crippen LogP contribution in [0.2, 0.25) is 0 Å². The maximum Gasteiger partial charge on any atom is 0.182 e. The quantitative estimate of drug-likeness (QED) is 0.727. The molecule has 0 saturated heterocycles. The zero-order valence-electron chi connectivity index (χ0n) is 9.53. The summed E-state index contributed by atoms with van der Waals surface area (Å²) >= 11 is 0. The molecule has 0 bridgehead atoms. The number of phenols is 1. The van der Waals surface area contributed by atoms with Crippen molar-refractivity contribution >= 4 is 11.5 Å². The Morgan fingerprint density at radius 2 is 2.25 bits per heavy atom. The Bertz CT molecular complexity index is 441. The van der Waals surface area contributed by atoms with Gasteiger partial charge in [-0.1, -0.05) is 0 Å². The van der Waals surface area contributed by atoms with Gasteiger partial charge in [-0.2, -0.15) is 0 Å². The second-order valence-corrected chi connectivity index (χ2v) is 4.28. The highest BCUT2D eigenvalue weighted by molar-refractivity contribution is 6.03. The van der Waals surface area contributed by atoms with E-state index in [4.69, 9.17) is 5.73 Å². The van der Waals surface area contributed by atoms with E-state index in [9.17, 15) is 9.90 Å². The van der Waals surface area contributed by atoms with E-state index < -0.39 is 6.04 Å². The van der Waals surface area contributed by atoms with E-state index in [2.05, 4.69) is 4.90 Å². The SMILES string of the molecule is CC(N)C(=O)c1ccc2c(c1O)CCN2C. The van der Waals surface area contributed by atoms with Gasteiger partial charge in [0.2, 0.25) is 0 Å². The number of hydrogen-bond donors (Lipinski definition) is 2. The summed E-state index contributed by atoms with van der Waals surface area (Å²) in [5, 5.41) is 10.0. The molecule has 1 aromatic carbocycles. The van der Waals surface area contributed by atoms with Gasteiger partial charge in [-0.15, -0.1) is 0 Å². The molecule has 1 unspecified atom stereocenters. The van der Waals surface area contributed by atoms with Crippen LogP contribution in [-0.2, 0) is 6.42 Å². The molecule has 0 amide bonds. The first-order valence-corrected chi connectivity index (χ1v) is 5.38. The van der Waals surface area contributed by atoms with Crippen LogP contribution in [0.5, 0.6) is 5.75 Å². The number of Topliss-reactive ketones (excluding diaryl/α,β-unsaturated/α-hetero) is 1. The van der Waals surface area contributed by atoms with E-state index in [1.807, 2.05) is 13.1 Å². The predicted octanol–water partition coefficient (Wildman–Crippen LogP) is 0.914. The van der Waals surface area contributed by atoms with Crippen LogP contribution in [-0.4, -0.2) is 30.5 Å². The maximum atomic E-state index is 11.7. The molecule has 2 rings (SSSR count). The zero-order chi connectivity index (χ0) is 11.9. The molecule has 1 aromatic rings. The van der Waals surface area contributed by atoms with Gasteiger partial charge in [0.15, 0.2) is 5.78 Å². The number of benzene rings is 1. The van der Waals surface area contributed by atoms with Crippen LogP contribution >= 0.6 is 0 Å². The maximum absolute atomic E-state index is 11.7. The molecule has 1 aliphatic rings. The van der Waals surface area contributed by atoms with Gasteiger partial charge in [0, 0.05) is 24.8 Å². The fraction of sp³-hybridized carbons (Fsp3) is 0.417. The summed E-state index contributed by atoms with van der Waals surface area (Å²) in [6.45, 7) is 2.50. The van der Waals surface area contributed by atoms with Crippen LogP contribution in [0.15, 0.2) is 12.1 Å². The van der Waals surface area contributed by atoms with Crippen molar-refractivity contribution in [1.29, 1.82) is 0 Å². The first-order chi connectivity index (χ1) is 7.52. The number of fused-ring (bicyclic) bond motifs is 1. The predicted molar refractivity (Wildman–Crippen MR) is 63.1 cm³/mol. The minimum atomic E-state index is -0.580. The lowest BCUT2D eigenvalue weighted by molar-refractivity contribution is 0.0965. The molecule has 0 aliphatic carbocycles. The van der Waals surface area contributed by atoms with Crippen molar-refractivity contribution in [3.63, 3.8) is 0 Å². The van der Waals surface area contributed by atoms with Crippen LogP contribution in [0.4, 0.5) is 5.69 Å². The average Bonchev–Trinajstić information content (AvgIpc) is 2.61. The number of nitrogens with two attached hydrogens (primary N) is 1. The first-order valence-electron chi connectivity index (χ1n) is 5.38. The summed E-state index contributed by atoms with van der Waals surface area (Å²) in [5.74, 6) is -0.112. The number of anilines is 1. The average molecular weight is 220 g/mol. The second-order valence-electron chi connectivity index (χ2n) is 4.28. The van der Waals surface area contributed by atoms with Gasteiger partial charge in [0.1, 0.15) is 5.75 Å². The highest BCUT2D eigenvalue weighted by atomic mass is 16.3.